The molecule has 2 aromatic rings. The van der Waals surface area contributed by atoms with Crippen LogP contribution in [0, 0.1) is 0 Å². The van der Waals surface area contributed by atoms with Crippen molar-refractivity contribution in [2.75, 3.05) is 6.61 Å². The average molecular weight is 636 g/mol. The molecule has 2 aliphatic carbocycles. The lowest BCUT2D eigenvalue weighted by Crippen LogP contribution is -2.40. The summed E-state index contributed by atoms with van der Waals surface area (Å²) in [7, 11) is 0. The molecule has 2 aliphatic rings. The number of ketones is 2. The number of carbonyl (C=O) groups is 6. The van der Waals surface area contributed by atoms with Crippen molar-refractivity contribution in [1.29, 1.82) is 0 Å². The quantitative estimate of drug-likeness (QED) is 0.0655. The Kier molecular flexibility index (Phi) is 10.5. The standard InChI is InChI=1S/C34H37NO11/c1-3-33(4-2)24-10-8-20(31(42)26(35-46-30(41)19-28(38)39)12-15-45-29(40)18-27(36)37)16-22(24)23-17-21(9-11-25(23)33)32(43)34(44)13-6-5-7-14-34/h8-11,16-17,44H,3-7,12-15,18-19H2,1-2H3,(H,36,37)(H,38,39)/b35-26+. The summed E-state index contributed by atoms with van der Waals surface area (Å²) >= 11 is 0. The van der Waals surface area contributed by atoms with Gasteiger partial charge in [0.25, 0.3) is 0 Å². The molecule has 0 aromatic heterocycles. The van der Waals surface area contributed by atoms with Crippen LogP contribution in [0.25, 0.3) is 11.1 Å². The van der Waals surface area contributed by atoms with E-state index in [2.05, 4.69) is 23.8 Å². The molecule has 0 heterocycles. The smallest absolute Gasteiger partial charge is 0.346 e. The van der Waals surface area contributed by atoms with Gasteiger partial charge < -0.3 is 24.9 Å². The van der Waals surface area contributed by atoms with Crippen LogP contribution in [0.1, 0.15) is 110 Å². The van der Waals surface area contributed by atoms with Gasteiger partial charge in [-0.3, -0.25) is 24.0 Å². The molecule has 46 heavy (non-hydrogen) atoms. The van der Waals surface area contributed by atoms with Crippen molar-refractivity contribution >= 4 is 41.2 Å². The minimum Gasteiger partial charge on any atom is -0.481 e. The number of hydrogen-bond acceptors (Lipinski definition) is 10. The van der Waals surface area contributed by atoms with Crippen molar-refractivity contribution < 1.29 is 53.7 Å². The Morgan fingerprint density at radius 3 is 1.89 bits per heavy atom. The number of benzene rings is 2. The van der Waals surface area contributed by atoms with Crippen LogP contribution in [0.2, 0.25) is 0 Å². The van der Waals surface area contributed by atoms with E-state index in [9.17, 15) is 33.9 Å². The zero-order valence-corrected chi connectivity index (χ0v) is 25.8. The van der Waals surface area contributed by atoms with E-state index >= 15 is 0 Å². The first-order valence-corrected chi connectivity index (χ1v) is 15.3. The normalized spacial score (nSPS) is 16.1. The molecular weight excluding hydrogens is 598 g/mol. The number of hydrogen-bond donors (Lipinski definition) is 3. The van der Waals surface area contributed by atoms with E-state index in [1.165, 1.54) is 0 Å². The van der Waals surface area contributed by atoms with Crippen LogP contribution >= 0.6 is 0 Å². The Labute approximate surface area is 265 Å². The number of fused-ring (bicyclic) bond motifs is 3. The fourth-order valence-corrected chi connectivity index (χ4v) is 6.51. The molecule has 0 amide bonds. The zero-order chi connectivity index (χ0) is 33.6. The number of esters is 1. The molecule has 1 fully saturated rings. The van der Waals surface area contributed by atoms with Crippen molar-refractivity contribution in [3.05, 3.63) is 58.7 Å². The number of oxime groups is 1. The summed E-state index contributed by atoms with van der Waals surface area (Å²) in [6.45, 7) is 3.67. The molecule has 0 bridgehead atoms. The van der Waals surface area contributed by atoms with Gasteiger partial charge in [0.15, 0.2) is 5.78 Å². The van der Waals surface area contributed by atoms with Crippen LogP contribution in [0.3, 0.4) is 0 Å². The highest BCUT2D eigenvalue weighted by Crippen LogP contribution is 2.53. The fraction of sp³-hybridized carbons (Fsp3) is 0.441. The predicted molar refractivity (Wildman–Crippen MR) is 164 cm³/mol. The van der Waals surface area contributed by atoms with E-state index < -0.39 is 60.1 Å². The molecule has 2 aromatic carbocycles. The lowest BCUT2D eigenvalue weighted by atomic mass is 9.73. The number of aliphatic carboxylic acids is 2. The summed E-state index contributed by atoms with van der Waals surface area (Å²) in [5.74, 6) is -6.16. The molecule has 3 N–H and O–H groups in total. The molecule has 0 aliphatic heterocycles. The first-order valence-electron chi connectivity index (χ1n) is 15.3. The Balaban J connectivity index is 1.71. The maximum Gasteiger partial charge on any atom is 0.346 e. The first-order chi connectivity index (χ1) is 21.8. The minimum atomic E-state index is -1.46. The fourth-order valence-electron chi connectivity index (χ4n) is 6.51. The highest BCUT2D eigenvalue weighted by molar-refractivity contribution is 6.46. The number of Topliss-reactive ketones (excluding diaryl/α,β-unsaturated/α-hetero) is 2. The van der Waals surface area contributed by atoms with Gasteiger partial charge in [0, 0.05) is 23.0 Å². The maximum absolute atomic E-state index is 13.7. The number of ether oxygens (including phenoxy) is 1. The van der Waals surface area contributed by atoms with Crippen molar-refractivity contribution in [3.8, 4) is 11.1 Å². The SMILES string of the molecule is CCC1(CC)c2ccc(C(=O)/C(CCOC(=O)CC(=O)O)=N/OC(=O)CC(=O)O)cc2-c2cc(C(=O)C3(O)CCCCC3)ccc21. The van der Waals surface area contributed by atoms with Crippen molar-refractivity contribution in [3.63, 3.8) is 0 Å². The van der Waals surface area contributed by atoms with Crippen LogP contribution < -0.4 is 0 Å². The van der Waals surface area contributed by atoms with Crippen LogP contribution in [-0.4, -0.2) is 68.7 Å². The van der Waals surface area contributed by atoms with Crippen LogP contribution in [0.15, 0.2) is 41.6 Å². The lowest BCUT2D eigenvalue weighted by molar-refractivity contribution is -0.153. The van der Waals surface area contributed by atoms with Gasteiger partial charge in [0.2, 0.25) is 5.78 Å². The van der Waals surface area contributed by atoms with Crippen molar-refractivity contribution in [2.24, 2.45) is 5.16 Å². The number of carboxylic acid groups (broad SMARTS) is 2. The van der Waals surface area contributed by atoms with Gasteiger partial charge in [0.05, 0.1) is 6.61 Å². The van der Waals surface area contributed by atoms with E-state index in [0.29, 0.717) is 24.0 Å². The van der Waals surface area contributed by atoms with Gasteiger partial charge in [0.1, 0.15) is 24.2 Å². The topological polar surface area (TPSA) is 194 Å². The molecule has 12 heteroatoms. The van der Waals surface area contributed by atoms with Gasteiger partial charge >= 0.3 is 23.9 Å². The number of carboxylic acids is 2. The van der Waals surface area contributed by atoms with E-state index in [1.807, 2.05) is 12.1 Å². The van der Waals surface area contributed by atoms with E-state index in [0.717, 1.165) is 48.8 Å². The molecular formula is C34H37NO11. The van der Waals surface area contributed by atoms with Crippen molar-refractivity contribution in [2.45, 2.75) is 89.1 Å². The largest absolute Gasteiger partial charge is 0.481 e. The highest BCUT2D eigenvalue weighted by Gasteiger charge is 2.43. The Bertz CT molecular complexity index is 1600. The number of aliphatic hydroxyl groups is 1. The Morgan fingerprint density at radius 2 is 1.33 bits per heavy atom. The summed E-state index contributed by atoms with van der Waals surface area (Å²) in [4.78, 5) is 77.1. The Hall–Kier alpha value is -4.71. The first kappa shape index (κ1) is 34.2. The molecule has 0 radical (unpaired) electrons. The third kappa shape index (κ3) is 7.07. The molecule has 0 unspecified atom stereocenters. The van der Waals surface area contributed by atoms with E-state index in [-0.39, 0.29) is 23.5 Å². The average Bonchev–Trinajstić information content (AvgIpc) is 3.30. The van der Waals surface area contributed by atoms with Crippen LogP contribution in [0.5, 0.6) is 0 Å². The molecule has 244 valence electrons. The summed E-state index contributed by atoms with van der Waals surface area (Å²) in [5.41, 5.74) is 1.76. The molecule has 0 spiro atoms. The van der Waals surface area contributed by atoms with E-state index in [4.69, 9.17) is 14.9 Å². The zero-order valence-electron chi connectivity index (χ0n) is 25.8. The number of carbonyl (C=O) groups excluding carboxylic acids is 4. The second kappa shape index (κ2) is 14.2. The molecule has 0 atom stereocenters. The van der Waals surface area contributed by atoms with Crippen LogP contribution in [-0.2, 0) is 34.2 Å². The monoisotopic (exact) mass is 635 g/mol. The molecule has 1 saturated carbocycles. The second-order valence-electron chi connectivity index (χ2n) is 11.7. The summed E-state index contributed by atoms with van der Waals surface area (Å²) in [6.07, 6.45) is 2.53. The third-order valence-electron chi connectivity index (χ3n) is 8.91. The summed E-state index contributed by atoms with van der Waals surface area (Å²) in [5, 5.41) is 32.4. The predicted octanol–water partition coefficient (Wildman–Crippen LogP) is 4.62. The number of nitrogens with zero attached hydrogens (tertiary/aromatic N) is 1. The van der Waals surface area contributed by atoms with Gasteiger partial charge in [-0.2, -0.15) is 0 Å². The second-order valence-corrected chi connectivity index (χ2v) is 11.7. The van der Waals surface area contributed by atoms with Crippen LogP contribution in [0.4, 0.5) is 0 Å². The van der Waals surface area contributed by atoms with Gasteiger partial charge in [-0.25, -0.2) is 4.79 Å². The highest BCUT2D eigenvalue weighted by atomic mass is 16.7. The third-order valence-corrected chi connectivity index (χ3v) is 8.91. The maximum atomic E-state index is 13.7. The lowest BCUT2D eigenvalue weighted by Gasteiger charge is -2.31. The number of rotatable bonds is 14. The molecule has 0 saturated heterocycles. The molecule has 12 nitrogen and oxygen atoms in total. The minimum absolute atomic E-state index is 0.139. The molecule has 4 rings (SSSR count). The van der Waals surface area contributed by atoms with Crippen molar-refractivity contribution in [1.82, 2.24) is 0 Å². The van der Waals surface area contributed by atoms with Gasteiger partial charge in [-0.05, 0) is 60.1 Å². The summed E-state index contributed by atoms with van der Waals surface area (Å²) in [6, 6.07) is 10.5. The van der Waals surface area contributed by atoms with Gasteiger partial charge in [-0.1, -0.05) is 62.5 Å². The Morgan fingerprint density at radius 1 is 0.783 bits per heavy atom. The van der Waals surface area contributed by atoms with Gasteiger partial charge in [-0.15, -0.1) is 0 Å². The summed E-state index contributed by atoms with van der Waals surface area (Å²) < 4.78 is 4.87. The van der Waals surface area contributed by atoms with E-state index in [1.54, 1.807) is 24.3 Å².